The first-order valence-corrected chi connectivity index (χ1v) is 6.97. The maximum absolute atomic E-state index is 13.3. The highest BCUT2D eigenvalue weighted by molar-refractivity contribution is 5.56. The van der Waals surface area contributed by atoms with Gasteiger partial charge in [-0.05, 0) is 44.5 Å². The molecule has 1 aliphatic heterocycles. The molecule has 1 saturated heterocycles. The van der Waals surface area contributed by atoms with Crippen LogP contribution in [0.4, 0.5) is 4.39 Å². The Morgan fingerprint density at radius 3 is 2.55 bits per heavy atom. The van der Waals surface area contributed by atoms with E-state index in [-0.39, 0.29) is 5.82 Å². The van der Waals surface area contributed by atoms with Crippen molar-refractivity contribution >= 4 is 0 Å². The zero-order chi connectivity index (χ0) is 14.1. The van der Waals surface area contributed by atoms with Gasteiger partial charge in [0.2, 0.25) is 0 Å². The van der Waals surface area contributed by atoms with Crippen molar-refractivity contribution in [1.82, 2.24) is 15.3 Å². The molecular weight excluding hydrogens is 253 g/mol. The van der Waals surface area contributed by atoms with Crippen LogP contribution in [0.5, 0.6) is 0 Å². The Morgan fingerprint density at radius 1 is 1.20 bits per heavy atom. The second-order valence-electron chi connectivity index (χ2n) is 5.33. The number of hydrogen-bond acceptors (Lipinski definition) is 3. The molecule has 1 N–H and O–H groups in total. The Labute approximate surface area is 118 Å². The highest BCUT2D eigenvalue weighted by atomic mass is 19.1. The van der Waals surface area contributed by atoms with Gasteiger partial charge in [0.15, 0.2) is 5.82 Å². The molecule has 2 heterocycles. The smallest absolute Gasteiger partial charge is 0.159 e. The molecule has 0 radical (unpaired) electrons. The van der Waals surface area contributed by atoms with Crippen LogP contribution in [0.3, 0.4) is 0 Å². The SMILES string of the molecule is Cc1nc(-c2cccc(F)c2)nc(C)c1C1CCNC1. The van der Waals surface area contributed by atoms with E-state index in [0.29, 0.717) is 11.7 Å². The van der Waals surface area contributed by atoms with Crippen molar-refractivity contribution in [1.29, 1.82) is 0 Å². The van der Waals surface area contributed by atoms with Crippen LogP contribution in [0, 0.1) is 19.7 Å². The molecule has 0 aliphatic carbocycles. The number of rotatable bonds is 2. The Morgan fingerprint density at radius 2 is 1.95 bits per heavy atom. The Hall–Kier alpha value is -1.81. The van der Waals surface area contributed by atoms with Gasteiger partial charge in [0.05, 0.1) is 0 Å². The maximum atomic E-state index is 13.3. The van der Waals surface area contributed by atoms with E-state index >= 15 is 0 Å². The van der Waals surface area contributed by atoms with Gasteiger partial charge in [-0.25, -0.2) is 14.4 Å². The number of nitrogens with zero attached hydrogens (tertiary/aromatic N) is 2. The van der Waals surface area contributed by atoms with E-state index in [2.05, 4.69) is 15.3 Å². The summed E-state index contributed by atoms with van der Waals surface area (Å²) in [6.45, 7) is 6.08. The fourth-order valence-electron chi connectivity index (χ4n) is 2.97. The number of nitrogens with one attached hydrogen (secondary N) is 1. The van der Waals surface area contributed by atoms with Gasteiger partial charge >= 0.3 is 0 Å². The van der Waals surface area contributed by atoms with Crippen LogP contribution in [0.2, 0.25) is 0 Å². The third-order valence-electron chi connectivity index (χ3n) is 3.88. The lowest BCUT2D eigenvalue weighted by Crippen LogP contribution is -2.12. The van der Waals surface area contributed by atoms with Crippen LogP contribution in [-0.4, -0.2) is 23.1 Å². The minimum absolute atomic E-state index is 0.259. The van der Waals surface area contributed by atoms with Crippen LogP contribution in [0.25, 0.3) is 11.4 Å². The van der Waals surface area contributed by atoms with E-state index in [1.54, 1.807) is 6.07 Å². The van der Waals surface area contributed by atoms with E-state index < -0.39 is 0 Å². The summed E-state index contributed by atoms with van der Waals surface area (Å²) in [5, 5.41) is 3.37. The first-order valence-electron chi connectivity index (χ1n) is 6.97. The fraction of sp³-hybridized carbons (Fsp3) is 0.375. The molecule has 0 spiro atoms. The van der Waals surface area contributed by atoms with Gasteiger partial charge in [-0.1, -0.05) is 12.1 Å². The van der Waals surface area contributed by atoms with Crippen LogP contribution in [0.1, 0.15) is 29.3 Å². The Kier molecular flexibility index (Phi) is 3.49. The summed E-state index contributed by atoms with van der Waals surface area (Å²) in [5.41, 5.74) is 3.98. The molecule has 1 unspecified atom stereocenters. The van der Waals surface area contributed by atoms with Gasteiger partial charge in [0.1, 0.15) is 5.82 Å². The normalized spacial score (nSPS) is 18.4. The summed E-state index contributed by atoms with van der Waals surface area (Å²) < 4.78 is 13.3. The lowest BCUT2D eigenvalue weighted by molar-refractivity contribution is 0.628. The molecule has 1 aromatic carbocycles. The highest BCUT2D eigenvalue weighted by Crippen LogP contribution is 2.28. The molecule has 3 rings (SSSR count). The van der Waals surface area contributed by atoms with E-state index in [0.717, 1.165) is 36.5 Å². The van der Waals surface area contributed by atoms with Gasteiger partial charge in [-0.3, -0.25) is 0 Å². The summed E-state index contributed by atoms with van der Waals surface area (Å²) >= 11 is 0. The minimum Gasteiger partial charge on any atom is -0.316 e. The van der Waals surface area contributed by atoms with Crippen LogP contribution in [-0.2, 0) is 0 Å². The van der Waals surface area contributed by atoms with E-state index in [4.69, 9.17) is 0 Å². The first-order chi connectivity index (χ1) is 9.65. The van der Waals surface area contributed by atoms with Crippen molar-refractivity contribution in [3.8, 4) is 11.4 Å². The maximum Gasteiger partial charge on any atom is 0.159 e. The number of benzene rings is 1. The molecule has 1 fully saturated rings. The monoisotopic (exact) mass is 271 g/mol. The van der Waals surface area contributed by atoms with Crippen molar-refractivity contribution in [3.05, 3.63) is 47.0 Å². The summed E-state index contributed by atoms with van der Waals surface area (Å²) in [6, 6.07) is 6.44. The van der Waals surface area contributed by atoms with Crippen LogP contribution >= 0.6 is 0 Å². The van der Waals surface area contributed by atoms with Gasteiger partial charge in [0, 0.05) is 29.4 Å². The average Bonchev–Trinajstić information content (AvgIpc) is 2.91. The minimum atomic E-state index is -0.259. The van der Waals surface area contributed by atoms with Crippen molar-refractivity contribution in [3.63, 3.8) is 0 Å². The van der Waals surface area contributed by atoms with Crippen molar-refractivity contribution in [2.75, 3.05) is 13.1 Å². The molecule has 1 aliphatic rings. The third kappa shape index (κ3) is 2.43. The Balaban J connectivity index is 2.03. The summed E-state index contributed by atoms with van der Waals surface area (Å²) in [5.74, 6) is 0.844. The van der Waals surface area contributed by atoms with Crippen molar-refractivity contribution in [2.24, 2.45) is 0 Å². The van der Waals surface area contributed by atoms with Gasteiger partial charge < -0.3 is 5.32 Å². The van der Waals surface area contributed by atoms with Crippen molar-refractivity contribution < 1.29 is 4.39 Å². The molecule has 104 valence electrons. The quantitative estimate of drug-likeness (QED) is 0.912. The summed E-state index contributed by atoms with van der Waals surface area (Å²) in [4.78, 5) is 9.17. The van der Waals surface area contributed by atoms with Gasteiger partial charge in [0.25, 0.3) is 0 Å². The first kappa shape index (κ1) is 13.2. The molecule has 1 aromatic heterocycles. The summed E-state index contributed by atoms with van der Waals surface area (Å²) in [7, 11) is 0. The van der Waals surface area contributed by atoms with Gasteiger partial charge in [-0.2, -0.15) is 0 Å². The van der Waals surface area contributed by atoms with Gasteiger partial charge in [-0.15, -0.1) is 0 Å². The third-order valence-corrected chi connectivity index (χ3v) is 3.88. The molecule has 0 saturated carbocycles. The lowest BCUT2D eigenvalue weighted by Gasteiger charge is -2.15. The summed E-state index contributed by atoms with van der Waals surface area (Å²) in [6.07, 6.45) is 1.13. The van der Waals surface area contributed by atoms with E-state index in [9.17, 15) is 4.39 Å². The van der Waals surface area contributed by atoms with Crippen LogP contribution in [0.15, 0.2) is 24.3 Å². The second kappa shape index (κ2) is 5.29. The molecule has 2 aromatic rings. The second-order valence-corrected chi connectivity index (χ2v) is 5.33. The number of hydrogen-bond donors (Lipinski definition) is 1. The molecule has 0 amide bonds. The largest absolute Gasteiger partial charge is 0.316 e. The predicted octanol–water partition coefficient (Wildman–Crippen LogP) is 2.98. The van der Waals surface area contributed by atoms with E-state index in [1.807, 2.05) is 19.9 Å². The Bertz CT molecular complexity index is 610. The van der Waals surface area contributed by atoms with Crippen molar-refractivity contribution in [2.45, 2.75) is 26.2 Å². The number of aromatic nitrogens is 2. The lowest BCUT2D eigenvalue weighted by atomic mass is 9.95. The van der Waals surface area contributed by atoms with Crippen LogP contribution < -0.4 is 5.32 Å². The average molecular weight is 271 g/mol. The molecule has 20 heavy (non-hydrogen) atoms. The fourth-order valence-corrected chi connectivity index (χ4v) is 2.97. The predicted molar refractivity (Wildman–Crippen MR) is 77.1 cm³/mol. The van der Waals surface area contributed by atoms with E-state index in [1.165, 1.54) is 17.7 Å². The molecule has 4 heteroatoms. The molecule has 1 atom stereocenters. The highest BCUT2D eigenvalue weighted by Gasteiger charge is 2.22. The molecule has 0 bridgehead atoms. The number of aryl methyl sites for hydroxylation is 2. The standard InChI is InChI=1S/C16H18FN3/c1-10-15(13-6-7-18-9-13)11(2)20-16(19-10)12-4-3-5-14(17)8-12/h3-5,8,13,18H,6-7,9H2,1-2H3. The zero-order valence-electron chi connectivity index (χ0n) is 11.8. The number of halogens is 1. The molecular formula is C16H18FN3. The molecule has 3 nitrogen and oxygen atoms in total. The topological polar surface area (TPSA) is 37.8 Å². The zero-order valence-corrected chi connectivity index (χ0v) is 11.8.